The summed E-state index contributed by atoms with van der Waals surface area (Å²) in [6, 6.07) is 3.51. The number of nitro groups is 1. The summed E-state index contributed by atoms with van der Waals surface area (Å²) < 4.78 is 0.569. The Hall–Kier alpha value is -1.47. The molecule has 6 nitrogen and oxygen atoms in total. The highest BCUT2D eigenvalue weighted by molar-refractivity contribution is 9.10. The lowest BCUT2D eigenvalue weighted by molar-refractivity contribution is -0.384. The molecule has 7 heteroatoms. The summed E-state index contributed by atoms with van der Waals surface area (Å²) in [5.41, 5.74) is 5.80. The van der Waals surface area contributed by atoms with Gasteiger partial charge in [-0.3, -0.25) is 14.9 Å². The van der Waals surface area contributed by atoms with Crippen LogP contribution in [0.3, 0.4) is 0 Å². The van der Waals surface area contributed by atoms with Crippen molar-refractivity contribution in [2.24, 2.45) is 5.73 Å². The summed E-state index contributed by atoms with van der Waals surface area (Å²) in [6.45, 7) is 1.78. The van der Waals surface area contributed by atoms with Crippen LogP contribution in [0.5, 0.6) is 0 Å². The summed E-state index contributed by atoms with van der Waals surface area (Å²) in [5, 5.41) is 13.1. The van der Waals surface area contributed by atoms with Gasteiger partial charge in [0, 0.05) is 16.6 Å². The first-order valence-electron chi connectivity index (χ1n) is 4.96. The molecular formula is C10H12BrN3O3. The van der Waals surface area contributed by atoms with Crippen molar-refractivity contribution in [1.29, 1.82) is 0 Å². The maximum Gasteiger partial charge on any atom is 0.271 e. The minimum absolute atomic E-state index is 0.0893. The Bertz CT molecular complexity index is 450. The fourth-order valence-corrected chi connectivity index (χ4v) is 1.48. The monoisotopic (exact) mass is 301 g/mol. The Morgan fingerprint density at radius 3 is 2.82 bits per heavy atom. The largest absolute Gasteiger partial charge is 0.323 e. The lowest BCUT2D eigenvalue weighted by Gasteiger charge is -2.11. The van der Waals surface area contributed by atoms with Crippen LogP contribution in [0.1, 0.15) is 13.3 Å². The maximum atomic E-state index is 11.6. The zero-order valence-corrected chi connectivity index (χ0v) is 10.7. The molecule has 0 unspecified atom stereocenters. The van der Waals surface area contributed by atoms with E-state index in [2.05, 4.69) is 21.2 Å². The van der Waals surface area contributed by atoms with Crippen molar-refractivity contribution < 1.29 is 9.72 Å². The minimum atomic E-state index is -0.624. The van der Waals surface area contributed by atoms with Gasteiger partial charge >= 0.3 is 0 Å². The van der Waals surface area contributed by atoms with Crippen molar-refractivity contribution in [3.63, 3.8) is 0 Å². The second-order valence-corrected chi connectivity index (χ2v) is 4.28. The van der Waals surface area contributed by atoms with Crippen molar-refractivity contribution in [2.75, 3.05) is 5.32 Å². The summed E-state index contributed by atoms with van der Waals surface area (Å²) in [7, 11) is 0. The van der Waals surface area contributed by atoms with Gasteiger partial charge in [0.15, 0.2) is 0 Å². The Morgan fingerprint density at radius 2 is 2.29 bits per heavy atom. The molecule has 17 heavy (non-hydrogen) atoms. The molecule has 0 heterocycles. The third-order valence-corrected chi connectivity index (χ3v) is 2.89. The molecule has 0 saturated heterocycles. The number of nitrogens with one attached hydrogen (secondary N) is 1. The van der Waals surface area contributed by atoms with Crippen LogP contribution < -0.4 is 11.1 Å². The van der Waals surface area contributed by atoms with Crippen molar-refractivity contribution in [1.82, 2.24) is 0 Å². The van der Waals surface area contributed by atoms with Crippen molar-refractivity contribution in [3.8, 4) is 0 Å². The van der Waals surface area contributed by atoms with E-state index in [0.29, 0.717) is 16.6 Å². The first kappa shape index (κ1) is 13.6. The Balaban J connectivity index is 2.94. The number of anilines is 1. The quantitative estimate of drug-likeness (QED) is 0.656. The summed E-state index contributed by atoms with van der Waals surface area (Å²) >= 11 is 3.20. The number of rotatable bonds is 4. The first-order chi connectivity index (χ1) is 7.95. The van der Waals surface area contributed by atoms with E-state index in [1.807, 2.05) is 0 Å². The van der Waals surface area contributed by atoms with E-state index in [0.717, 1.165) is 0 Å². The molecule has 0 radical (unpaired) electrons. The fourth-order valence-electron chi connectivity index (χ4n) is 1.13. The minimum Gasteiger partial charge on any atom is -0.323 e. The molecule has 3 N–H and O–H groups in total. The summed E-state index contributed by atoms with van der Waals surface area (Å²) in [4.78, 5) is 21.6. The molecule has 0 fully saturated rings. The molecule has 0 spiro atoms. The number of halogens is 1. The average molecular weight is 302 g/mol. The van der Waals surface area contributed by atoms with Gasteiger partial charge in [-0.25, -0.2) is 0 Å². The van der Waals surface area contributed by atoms with E-state index < -0.39 is 11.0 Å². The van der Waals surface area contributed by atoms with Gasteiger partial charge in [0.2, 0.25) is 5.91 Å². The normalized spacial score (nSPS) is 11.9. The highest BCUT2D eigenvalue weighted by atomic mass is 79.9. The molecule has 0 bridgehead atoms. The third-order valence-electron chi connectivity index (χ3n) is 2.20. The lowest BCUT2D eigenvalue weighted by atomic mass is 10.2. The van der Waals surface area contributed by atoms with Gasteiger partial charge in [-0.2, -0.15) is 0 Å². The predicted octanol–water partition coefficient (Wildman–Crippen LogP) is 2.03. The third kappa shape index (κ3) is 3.50. The zero-order valence-electron chi connectivity index (χ0n) is 9.14. The van der Waals surface area contributed by atoms with E-state index in [9.17, 15) is 14.9 Å². The van der Waals surface area contributed by atoms with E-state index in [4.69, 9.17) is 5.73 Å². The number of nitro benzene ring substituents is 1. The van der Waals surface area contributed by atoms with Gasteiger partial charge in [-0.1, -0.05) is 6.92 Å². The molecule has 0 aliphatic carbocycles. The zero-order chi connectivity index (χ0) is 13.0. The van der Waals surface area contributed by atoms with Crippen LogP contribution in [0.2, 0.25) is 0 Å². The molecule has 1 aromatic carbocycles. The van der Waals surface area contributed by atoms with E-state index in [1.54, 1.807) is 6.92 Å². The molecule has 1 atom stereocenters. The van der Waals surface area contributed by atoms with Gasteiger partial charge < -0.3 is 11.1 Å². The highest BCUT2D eigenvalue weighted by Crippen LogP contribution is 2.27. The fraction of sp³-hybridized carbons (Fsp3) is 0.300. The number of carbonyl (C=O) groups is 1. The highest BCUT2D eigenvalue weighted by Gasteiger charge is 2.15. The summed E-state index contributed by atoms with van der Waals surface area (Å²) in [6.07, 6.45) is 0.498. The van der Waals surface area contributed by atoms with E-state index in [-0.39, 0.29) is 11.6 Å². The van der Waals surface area contributed by atoms with Crippen molar-refractivity contribution >= 4 is 33.2 Å². The topological polar surface area (TPSA) is 98.3 Å². The molecule has 1 rings (SSSR count). The van der Waals surface area contributed by atoms with Crippen LogP contribution in [0.4, 0.5) is 11.4 Å². The molecule has 0 aliphatic heterocycles. The number of nitrogens with zero attached hydrogens (tertiary/aromatic N) is 1. The number of benzene rings is 1. The smallest absolute Gasteiger partial charge is 0.271 e. The number of nitrogens with two attached hydrogens (primary N) is 1. The molecule has 1 amide bonds. The molecular weight excluding hydrogens is 290 g/mol. The average Bonchev–Trinajstić information content (AvgIpc) is 2.30. The molecule has 0 aliphatic rings. The van der Waals surface area contributed by atoms with Crippen LogP contribution in [0.25, 0.3) is 0 Å². The van der Waals surface area contributed by atoms with Crippen molar-refractivity contribution in [3.05, 3.63) is 32.8 Å². The lowest BCUT2D eigenvalue weighted by Crippen LogP contribution is -2.34. The number of hydrogen-bond acceptors (Lipinski definition) is 4. The number of hydrogen-bond donors (Lipinski definition) is 2. The number of amides is 1. The SMILES string of the molecule is CC[C@H](N)C(=O)Nc1cc([N+](=O)[O-])ccc1Br. The number of carbonyl (C=O) groups excluding carboxylic acids is 1. The van der Waals surface area contributed by atoms with Gasteiger partial charge in [-0.05, 0) is 28.4 Å². The van der Waals surface area contributed by atoms with E-state index in [1.165, 1.54) is 18.2 Å². The van der Waals surface area contributed by atoms with Crippen LogP contribution in [0, 0.1) is 10.1 Å². The van der Waals surface area contributed by atoms with Gasteiger partial charge in [-0.15, -0.1) is 0 Å². The Kier molecular flexibility index (Phi) is 4.59. The maximum absolute atomic E-state index is 11.6. The Labute approximate surface area is 106 Å². The van der Waals surface area contributed by atoms with Gasteiger partial charge in [0.1, 0.15) is 0 Å². The standard InChI is InChI=1S/C10H12BrN3O3/c1-2-8(12)10(15)13-9-5-6(14(16)17)3-4-7(9)11/h3-5,8H,2,12H2,1H3,(H,13,15)/t8-/m0/s1. The first-order valence-corrected chi connectivity index (χ1v) is 5.75. The molecule has 0 aromatic heterocycles. The van der Waals surface area contributed by atoms with Gasteiger partial charge in [0.25, 0.3) is 5.69 Å². The van der Waals surface area contributed by atoms with Gasteiger partial charge in [0.05, 0.1) is 16.7 Å². The molecule has 0 saturated carbocycles. The molecule has 1 aromatic rings. The second-order valence-electron chi connectivity index (χ2n) is 3.43. The van der Waals surface area contributed by atoms with Crippen LogP contribution in [-0.4, -0.2) is 16.9 Å². The molecule has 92 valence electrons. The Morgan fingerprint density at radius 1 is 1.65 bits per heavy atom. The summed E-state index contributed by atoms with van der Waals surface area (Å²) in [5.74, 6) is -0.367. The van der Waals surface area contributed by atoms with E-state index >= 15 is 0 Å². The van der Waals surface area contributed by atoms with Crippen LogP contribution in [-0.2, 0) is 4.79 Å². The van der Waals surface area contributed by atoms with Crippen molar-refractivity contribution in [2.45, 2.75) is 19.4 Å². The van der Waals surface area contributed by atoms with Crippen LogP contribution in [0.15, 0.2) is 22.7 Å². The van der Waals surface area contributed by atoms with Crippen LogP contribution >= 0.6 is 15.9 Å². The predicted molar refractivity (Wildman–Crippen MR) is 67.7 cm³/mol. The second kappa shape index (κ2) is 5.74. The number of non-ortho nitro benzene ring substituents is 1.